The summed E-state index contributed by atoms with van der Waals surface area (Å²) >= 11 is 1.28. The quantitative estimate of drug-likeness (QED) is 0.851. The summed E-state index contributed by atoms with van der Waals surface area (Å²) in [5.74, 6) is 0.163. The van der Waals surface area contributed by atoms with E-state index in [9.17, 15) is 9.59 Å². The molecule has 1 aliphatic rings. The van der Waals surface area contributed by atoms with E-state index in [4.69, 9.17) is 4.74 Å². The number of carbonyl (C=O) groups excluding carboxylic acids is 2. The van der Waals surface area contributed by atoms with Crippen molar-refractivity contribution in [2.75, 3.05) is 23.9 Å². The Morgan fingerprint density at radius 3 is 2.56 bits per heavy atom. The Morgan fingerprint density at radius 2 is 1.88 bits per heavy atom. The van der Waals surface area contributed by atoms with Gasteiger partial charge in [0, 0.05) is 17.6 Å². The van der Waals surface area contributed by atoms with E-state index in [0.717, 1.165) is 16.3 Å². The lowest BCUT2D eigenvalue weighted by atomic mass is 10.1. The van der Waals surface area contributed by atoms with Gasteiger partial charge in [0.2, 0.25) is 5.91 Å². The molecule has 1 aliphatic heterocycles. The van der Waals surface area contributed by atoms with Crippen molar-refractivity contribution in [2.24, 2.45) is 0 Å². The second kappa shape index (κ2) is 6.80. The van der Waals surface area contributed by atoms with Gasteiger partial charge in [0.15, 0.2) is 4.75 Å². The molecule has 2 amide bonds. The SMILES string of the molecule is CCOc1ccc(NC(=O)C2(C)Sc3ccccc3N(C)C2=O)cc1. The molecule has 0 aromatic heterocycles. The number of carbonyl (C=O) groups is 2. The number of nitrogens with zero attached hydrogens (tertiary/aromatic N) is 1. The van der Waals surface area contributed by atoms with Crippen LogP contribution in [-0.2, 0) is 9.59 Å². The van der Waals surface area contributed by atoms with Crippen molar-refractivity contribution in [3.8, 4) is 5.75 Å². The standard InChI is InChI=1S/C19H20N2O3S/c1-4-24-14-11-9-13(10-12-14)20-17(22)19(2)18(23)21(3)15-7-5-6-8-16(15)25-19/h5-12H,4H2,1-3H3,(H,20,22). The van der Waals surface area contributed by atoms with E-state index < -0.39 is 4.75 Å². The lowest BCUT2D eigenvalue weighted by molar-refractivity contribution is -0.128. The molecule has 0 spiro atoms. The molecule has 6 heteroatoms. The molecule has 0 aliphatic carbocycles. The van der Waals surface area contributed by atoms with Crippen LogP contribution in [0, 0.1) is 0 Å². The van der Waals surface area contributed by atoms with E-state index in [1.807, 2.05) is 31.2 Å². The van der Waals surface area contributed by atoms with Crippen LogP contribution in [-0.4, -0.2) is 30.2 Å². The maximum atomic E-state index is 12.9. The number of hydrogen-bond donors (Lipinski definition) is 1. The molecule has 1 N–H and O–H groups in total. The van der Waals surface area contributed by atoms with E-state index >= 15 is 0 Å². The number of para-hydroxylation sites is 1. The number of benzene rings is 2. The highest BCUT2D eigenvalue weighted by Crippen LogP contribution is 2.45. The zero-order valence-corrected chi connectivity index (χ0v) is 15.2. The first-order chi connectivity index (χ1) is 12.0. The Labute approximate surface area is 151 Å². The van der Waals surface area contributed by atoms with Crippen molar-refractivity contribution < 1.29 is 14.3 Å². The van der Waals surface area contributed by atoms with Gasteiger partial charge in [0.1, 0.15) is 5.75 Å². The number of amides is 2. The Balaban J connectivity index is 1.82. The van der Waals surface area contributed by atoms with E-state index in [2.05, 4.69) is 5.32 Å². The Kier molecular flexibility index (Phi) is 4.72. The van der Waals surface area contributed by atoms with E-state index in [1.54, 1.807) is 43.1 Å². The molecule has 0 radical (unpaired) electrons. The summed E-state index contributed by atoms with van der Waals surface area (Å²) in [4.78, 5) is 28.1. The molecule has 3 rings (SSSR count). The van der Waals surface area contributed by atoms with Crippen molar-refractivity contribution in [1.82, 2.24) is 0 Å². The normalized spacial score (nSPS) is 19.3. The van der Waals surface area contributed by atoms with Gasteiger partial charge in [0.05, 0.1) is 12.3 Å². The second-order valence-electron chi connectivity index (χ2n) is 5.88. The molecule has 0 saturated carbocycles. The number of rotatable bonds is 4. The smallest absolute Gasteiger partial charge is 0.252 e. The van der Waals surface area contributed by atoms with Gasteiger partial charge in [0.25, 0.3) is 5.91 Å². The molecular formula is C19H20N2O3S. The van der Waals surface area contributed by atoms with Gasteiger partial charge >= 0.3 is 0 Å². The number of thioether (sulfide) groups is 1. The Morgan fingerprint density at radius 1 is 1.20 bits per heavy atom. The Hall–Kier alpha value is -2.47. The minimum Gasteiger partial charge on any atom is -0.494 e. The molecule has 1 heterocycles. The minimum atomic E-state index is -1.22. The van der Waals surface area contributed by atoms with Crippen LogP contribution in [0.4, 0.5) is 11.4 Å². The first kappa shape index (κ1) is 17.4. The van der Waals surface area contributed by atoms with Crippen LogP contribution < -0.4 is 15.0 Å². The second-order valence-corrected chi connectivity index (χ2v) is 7.34. The van der Waals surface area contributed by atoms with Gasteiger partial charge < -0.3 is 15.0 Å². The van der Waals surface area contributed by atoms with Crippen LogP contribution in [0.3, 0.4) is 0 Å². The number of fused-ring (bicyclic) bond motifs is 1. The number of anilines is 2. The van der Waals surface area contributed by atoms with E-state index in [-0.39, 0.29) is 11.8 Å². The van der Waals surface area contributed by atoms with Crippen LogP contribution >= 0.6 is 11.8 Å². The largest absolute Gasteiger partial charge is 0.494 e. The van der Waals surface area contributed by atoms with Gasteiger partial charge in [-0.1, -0.05) is 23.9 Å². The van der Waals surface area contributed by atoms with Crippen molar-refractivity contribution >= 4 is 35.0 Å². The number of nitrogens with one attached hydrogen (secondary N) is 1. The van der Waals surface area contributed by atoms with Crippen molar-refractivity contribution in [1.29, 1.82) is 0 Å². The van der Waals surface area contributed by atoms with Crippen LogP contribution in [0.1, 0.15) is 13.8 Å². The predicted octanol–water partition coefficient (Wildman–Crippen LogP) is 3.55. The molecule has 0 fully saturated rings. The average Bonchev–Trinajstić information content (AvgIpc) is 2.62. The molecule has 2 aromatic rings. The molecule has 2 aromatic carbocycles. The molecule has 1 unspecified atom stereocenters. The third kappa shape index (κ3) is 3.22. The summed E-state index contributed by atoms with van der Waals surface area (Å²) in [5, 5.41) is 2.84. The van der Waals surface area contributed by atoms with E-state index in [1.165, 1.54) is 11.8 Å². The summed E-state index contributed by atoms with van der Waals surface area (Å²) in [6.45, 7) is 4.16. The van der Waals surface area contributed by atoms with Gasteiger partial charge in [-0.05, 0) is 50.2 Å². The van der Waals surface area contributed by atoms with Crippen LogP contribution in [0.2, 0.25) is 0 Å². The zero-order valence-electron chi connectivity index (χ0n) is 14.4. The number of ether oxygens (including phenoxy) is 1. The van der Waals surface area contributed by atoms with Gasteiger partial charge in [-0.3, -0.25) is 9.59 Å². The fraction of sp³-hybridized carbons (Fsp3) is 0.263. The fourth-order valence-corrected chi connectivity index (χ4v) is 3.97. The van der Waals surface area contributed by atoms with Gasteiger partial charge in [-0.15, -0.1) is 0 Å². The monoisotopic (exact) mass is 356 g/mol. The molecule has 0 saturated heterocycles. The molecule has 1 atom stereocenters. The number of hydrogen-bond acceptors (Lipinski definition) is 4. The summed E-state index contributed by atoms with van der Waals surface area (Å²) in [5.41, 5.74) is 1.45. The van der Waals surface area contributed by atoms with Crippen LogP contribution in [0.25, 0.3) is 0 Å². The molecule has 25 heavy (non-hydrogen) atoms. The highest BCUT2D eigenvalue weighted by Gasteiger charge is 2.48. The zero-order chi connectivity index (χ0) is 18.0. The lowest BCUT2D eigenvalue weighted by Gasteiger charge is -2.36. The molecule has 130 valence electrons. The minimum absolute atomic E-state index is 0.236. The Bertz CT molecular complexity index is 807. The van der Waals surface area contributed by atoms with E-state index in [0.29, 0.717) is 12.3 Å². The summed E-state index contributed by atoms with van der Waals surface area (Å²) in [6.07, 6.45) is 0. The molecule has 0 bridgehead atoms. The first-order valence-corrected chi connectivity index (χ1v) is 8.88. The maximum absolute atomic E-state index is 12.9. The third-order valence-corrected chi connectivity index (χ3v) is 5.44. The van der Waals surface area contributed by atoms with Crippen molar-refractivity contribution in [3.63, 3.8) is 0 Å². The summed E-state index contributed by atoms with van der Waals surface area (Å²) in [7, 11) is 1.70. The summed E-state index contributed by atoms with van der Waals surface area (Å²) < 4.78 is 4.17. The summed E-state index contributed by atoms with van der Waals surface area (Å²) in [6, 6.07) is 14.7. The average molecular weight is 356 g/mol. The topological polar surface area (TPSA) is 58.6 Å². The predicted molar refractivity (Wildman–Crippen MR) is 100 cm³/mol. The third-order valence-electron chi connectivity index (χ3n) is 4.11. The lowest BCUT2D eigenvalue weighted by Crippen LogP contribution is -2.53. The first-order valence-electron chi connectivity index (χ1n) is 8.06. The maximum Gasteiger partial charge on any atom is 0.252 e. The molecular weight excluding hydrogens is 336 g/mol. The highest BCUT2D eigenvalue weighted by molar-refractivity contribution is 8.02. The van der Waals surface area contributed by atoms with Crippen LogP contribution in [0.15, 0.2) is 53.4 Å². The van der Waals surface area contributed by atoms with Crippen LogP contribution in [0.5, 0.6) is 5.75 Å². The van der Waals surface area contributed by atoms with Gasteiger partial charge in [-0.25, -0.2) is 0 Å². The van der Waals surface area contributed by atoms with Crippen molar-refractivity contribution in [2.45, 2.75) is 23.5 Å². The molecule has 5 nitrogen and oxygen atoms in total. The van der Waals surface area contributed by atoms with Gasteiger partial charge in [-0.2, -0.15) is 0 Å². The van der Waals surface area contributed by atoms with Crippen molar-refractivity contribution in [3.05, 3.63) is 48.5 Å². The fourth-order valence-electron chi connectivity index (χ4n) is 2.71. The highest BCUT2D eigenvalue weighted by atomic mass is 32.2.